The van der Waals surface area contributed by atoms with Gasteiger partial charge in [0.1, 0.15) is 5.82 Å². The van der Waals surface area contributed by atoms with E-state index >= 15 is 0 Å². The highest BCUT2D eigenvalue weighted by atomic mass is 15.2. The van der Waals surface area contributed by atoms with Gasteiger partial charge in [0.05, 0.1) is 0 Å². The summed E-state index contributed by atoms with van der Waals surface area (Å²) in [5, 5.41) is 0. The Hall–Kier alpha value is -1.05. The summed E-state index contributed by atoms with van der Waals surface area (Å²) in [5.41, 5.74) is 1.39. The lowest BCUT2D eigenvalue weighted by molar-refractivity contribution is 0.282. The molecular weight excluding hydrogens is 172 g/mol. The molecule has 1 fully saturated rings. The molecule has 0 radical (unpaired) electrons. The summed E-state index contributed by atoms with van der Waals surface area (Å²) in [6.07, 6.45) is 11.4. The molecule has 0 aromatic heterocycles. The van der Waals surface area contributed by atoms with Gasteiger partial charge in [-0.1, -0.05) is 5.57 Å². The molecule has 2 heteroatoms. The minimum atomic E-state index is 1.05. The molecule has 0 aliphatic carbocycles. The predicted molar refractivity (Wildman–Crippen MR) is 60.4 cm³/mol. The van der Waals surface area contributed by atoms with Crippen LogP contribution in [0, 0.1) is 0 Å². The van der Waals surface area contributed by atoms with Crippen LogP contribution >= 0.6 is 0 Å². The monoisotopic (exact) mass is 190 g/mol. The molecule has 2 rings (SSSR count). The van der Waals surface area contributed by atoms with Crippen LogP contribution in [0.15, 0.2) is 28.5 Å². The molecule has 0 amide bonds. The SMILES string of the molecule is CC1=CC=NC(N2CCCCC2)=CC1. The van der Waals surface area contributed by atoms with Gasteiger partial charge in [0.15, 0.2) is 0 Å². The van der Waals surface area contributed by atoms with Gasteiger partial charge >= 0.3 is 0 Å². The quantitative estimate of drug-likeness (QED) is 0.620. The summed E-state index contributed by atoms with van der Waals surface area (Å²) in [7, 11) is 0. The summed E-state index contributed by atoms with van der Waals surface area (Å²) >= 11 is 0. The van der Waals surface area contributed by atoms with Gasteiger partial charge in [-0.15, -0.1) is 0 Å². The van der Waals surface area contributed by atoms with E-state index in [1.807, 2.05) is 6.21 Å². The Morgan fingerprint density at radius 2 is 2.00 bits per heavy atom. The Morgan fingerprint density at radius 3 is 2.79 bits per heavy atom. The van der Waals surface area contributed by atoms with E-state index in [4.69, 9.17) is 0 Å². The van der Waals surface area contributed by atoms with E-state index in [1.165, 1.54) is 43.7 Å². The molecule has 0 spiro atoms. The molecule has 0 aromatic carbocycles. The number of piperidine rings is 1. The Labute approximate surface area is 86.0 Å². The molecule has 0 saturated carbocycles. The molecule has 2 nitrogen and oxygen atoms in total. The third kappa shape index (κ3) is 2.25. The molecule has 1 saturated heterocycles. The molecule has 0 unspecified atom stereocenters. The molecule has 0 aromatic rings. The van der Waals surface area contributed by atoms with Crippen molar-refractivity contribution in [1.82, 2.24) is 4.90 Å². The van der Waals surface area contributed by atoms with E-state index in [-0.39, 0.29) is 0 Å². The molecule has 2 aliphatic heterocycles. The summed E-state index contributed by atoms with van der Waals surface area (Å²) < 4.78 is 0. The number of aliphatic imine (C=N–C) groups is 1. The van der Waals surface area contributed by atoms with Crippen LogP contribution in [0.2, 0.25) is 0 Å². The van der Waals surface area contributed by atoms with Crippen LogP contribution in [-0.4, -0.2) is 24.2 Å². The Balaban J connectivity index is 2.03. The molecule has 14 heavy (non-hydrogen) atoms. The van der Waals surface area contributed by atoms with Gasteiger partial charge in [-0.3, -0.25) is 0 Å². The van der Waals surface area contributed by atoms with Crippen LogP contribution in [0.3, 0.4) is 0 Å². The van der Waals surface area contributed by atoms with Gasteiger partial charge in [-0.25, -0.2) is 4.99 Å². The fraction of sp³-hybridized carbons (Fsp3) is 0.583. The number of allylic oxidation sites excluding steroid dienone is 3. The van der Waals surface area contributed by atoms with Crippen LogP contribution in [0.1, 0.15) is 32.6 Å². The van der Waals surface area contributed by atoms with Crippen LogP contribution < -0.4 is 0 Å². The zero-order valence-corrected chi connectivity index (χ0v) is 8.87. The Morgan fingerprint density at radius 1 is 1.21 bits per heavy atom. The van der Waals surface area contributed by atoms with Crippen molar-refractivity contribution in [3.63, 3.8) is 0 Å². The lowest BCUT2D eigenvalue weighted by atomic mass is 10.1. The van der Waals surface area contributed by atoms with E-state index in [2.05, 4.69) is 29.0 Å². The van der Waals surface area contributed by atoms with Crippen molar-refractivity contribution in [2.75, 3.05) is 13.1 Å². The number of nitrogens with zero attached hydrogens (tertiary/aromatic N) is 2. The first-order valence-corrected chi connectivity index (χ1v) is 5.51. The zero-order valence-electron chi connectivity index (χ0n) is 8.87. The maximum absolute atomic E-state index is 4.48. The molecule has 76 valence electrons. The second-order valence-corrected chi connectivity index (χ2v) is 4.11. The van der Waals surface area contributed by atoms with E-state index < -0.39 is 0 Å². The molecule has 0 N–H and O–H groups in total. The van der Waals surface area contributed by atoms with Crippen LogP contribution in [0.4, 0.5) is 0 Å². The number of hydrogen-bond donors (Lipinski definition) is 0. The first-order chi connectivity index (χ1) is 6.86. The fourth-order valence-electron chi connectivity index (χ4n) is 1.95. The summed E-state index contributed by atoms with van der Waals surface area (Å²) in [5.74, 6) is 1.18. The van der Waals surface area contributed by atoms with Gasteiger partial charge in [-0.2, -0.15) is 0 Å². The van der Waals surface area contributed by atoms with Gasteiger partial charge in [-0.05, 0) is 44.8 Å². The van der Waals surface area contributed by atoms with Crippen molar-refractivity contribution in [2.24, 2.45) is 4.99 Å². The van der Waals surface area contributed by atoms with E-state index in [0.29, 0.717) is 0 Å². The predicted octanol–water partition coefficient (Wildman–Crippen LogP) is 2.73. The van der Waals surface area contributed by atoms with Crippen molar-refractivity contribution in [3.05, 3.63) is 23.5 Å². The van der Waals surface area contributed by atoms with Gasteiger partial charge in [0, 0.05) is 19.3 Å². The summed E-state index contributed by atoms with van der Waals surface area (Å²) in [6, 6.07) is 0. The van der Waals surface area contributed by atoms with Crippen molar-refractivity contribution in [2.45, 2.75) is 32.6 Å². The highest BCUT2D eigenvalue weighted by Crippen LogP contribution is 2.18. The Kier molecular flexibility index (Phi) is 3.02. The normalized spacial score (nSPS) is 22.8. The maximum Gasteiger partial charge on any atom is 0.124 e. The highest BCUT2D eigenvalue weighted by molar-refractivity contribution is 5.73. The molecule has 0 atom stereocenters. The largest absolute Gasteiger partial charge is 0.357 e. The second-order valence-electron chi connectivity index (χ2n) is 4.11. The van der Waals surface area contributed by atoms with Gasteiger partial charge in [0.2, 0.25) is 0 Å². The fourth-order valence-corrected chi connectivity index (χ4v) is 1.95. The first-order valence-electron chi connectivity index (χ1n) is 5.51. The van der Waals surface area contributed by atoms with Crippen LogP contribution in [0.5, 0.6) is 0 Å². The number of likely N-dealkylation sites (tertiary alicyclic amines) is 1. The van der Waals surface area contributed by atoms with E-state index in [1.54, 1.807) is 0 Å². The average Bonchev–Trinajstić information content (AvgIpc) is 2.44. The standard InChI is InChI=1S/C12H18N2/c1-11-5-6-12(13-8-7-11)14-9-3-2-4-10-14/h6-8H,2-5,9-10H2,1H3. The minimum Gasteiger partial charge on any atom is -0.357 e. The van der Waals surface area contributed by atoms with Crippen molar-refractivity contribution in [3.8, 4) is 0 Å². The van der Waals surface area contributed by atoms with Gasteiger partial charge < -0.3 is 4.90 Å². The van der Waals surface area contributed by atoms with Crippen molar-refractivity contribution in [1.29, 1.82) is 0 Å². The third-order valence-electron chi connectivity index (χ3n) is 2.85. The number of rotatable bonds is 1. The van der Waals surface area contributed by atoms with Crippen LogP contribution in [-0.2, 0) is 0 Å². The topological polar surface area (TPSA) is 15.6 Å². The molecule has 2 aliphatic rings. The smallest absolute Gasteiger partial charge is 0.124 e. The lowest BCUT2D eigenvalue weighted by Gasteiger charge is -2.28. The van der Waals surface area contributed by atoms with E-state index in [0.717, 1.165) is 6.42 Å². The van der Waals surface area contributed by atoms with Crippen LogP contribution in [0.25, 0.3) is 0 Å². The zero-order chi connectivity index (χ0) is 9.80. The molecular formula is C12H18N2. The van der Waals surface area contributed by atoms with Gasteiger partial charge in [0.25, 0.3) is 0 Å². The Bertz CT molecular complexity index is 281. The lowest BCUT2D eigenvalue weighted by Crippen LogP contribution is -2.28. The third-order valence-corrected chi connectivity index (χ3v) is 2.85. The second kappa shape index (κ2) is 4.45. The minimum absolute atomic E-state index is 1.05. The van der Waals surface area contributed by atoms with E-state index in [9.17, 15) is 0 Å². The summed E-state index contributed by atoms with van der Waals surface area (Å²) in [6.45, 7) is 4.52. The summed E-state index contributed by atoms with van der Waals surface area (Å²) in [4.78, 5) is 6.89. The first kappa shape index (κ1) is 9.50. The number of hydrogen-bond acceptors (Lipinski definition) is 2. The van der Waals surface area contributed by atoms with Crippen molar-refractivity contribution >= 4 is 6.21 Å². The van der Waals surface area contributed by atoms with Crippen molar-refractivity contribution < 1.29 is 0 Å². The highest BCUT2D eigenvalue weighted by Gasteiger charge is 2.12. The average molecular weight is 190 g/mol. The molecule has 2 heterocycles. The molecule has 0 bridgehead atoms. The maximum atomic E-state index is 4.48.